The average molecular weight is 562 g/mol. The number of benzene rings is 2. The van der Waals surface area contributed by atoms with Gasteiger partial charge in [-0.2, -0.15) is 9.41 Å². The maximum Gasteiger partial charge on any atom is 0.283 e. The van der Waals surface area contributed by atoms with E-state index < -0.39 is 19.9 Å². The number of anilines is 1. The summed E-state index contributed by atoms with van der Waals surface area (Å²) in [6.45, 7) is 4.20. The van der Waals surface area contributed by atoms with Crippen LogP contribution in [0.4, 0.5) is 17.1 Å². The number of hydrazone groups is 1. The lowest BCUT2D eigenvalue weighted by Crippen LogP contribution is -2.33. The lowest BCUT2D eigenvalue weighted by atomic mass is 10.2. The lowest BCUT2D eigenvalue weighted by Gasteiger charge is -2.22. The second-order valence-electron chi connectivity index (χ2n) is 8.12. The highest BCUT2D eigenvalue weighted by Crippen LogP contribution is 2.34. The van der Waals surface area contributed by atoms with Crippen LogP contribution in [-0.2, 0) is 17.1 Å². The van der Waals surface area contributed by atoms with Crippen LogP contribution in [0.2, 0.25) is 0 Å². The molecular weight excluding hydrogens is 534 g/mol. The van der Waals surface area contributed by atoms with Crippen molar-refractivity contribution in [1.29, 1.82) is 0 Å². The number of non-ortho nitro benzene ring substituents is 1. The van der Waals surface area contributed by atoms with Gasteiger partial charge in [-0.25, -0.2) is 13.4 Å². The predicted octanol–water partition coefficient (Wildman–Crippen LogP) is 4.64. The molecule has 1 heterocycles. The van der Waals surface area contributed by atoms with Crippen LogP contribution in [0.1, 0.15) is 32.3 Å². The molecule has 0 saturated heterocycles. The molecule has 0 spiro atoms. The Balaban J connectivity index is 1.92. The van der Waals surface area contributed by atoms with E-state index in [1.165, 1.54) is 28.7 Å². The molecule has 0 aliphatic carbocycles. The molecule has 15 heteroatoms. The van der Waals surface area contributed by atoms with Crippen LogP contribution in [0.15, 0.2) is 68.8 Å². The number of aromatic nitrogens is 2. The van der Waals surface area contributed by atoms with E-state index in [2.05, 4.69) is 15.5 Å². The first kappa shape index (κ1) is 28.7. The van der Waals surface area contributed by atoms with Crippen LogP contribution in [0, 0.1) is 20.2 Å². The van der Waals surface area contributed by atoms with E-state index in [0.717, 1.165) is 17.8 Å². The van der Waals surface area contributed by atoms with Crippen LogP contribution < -0.4 is 5.43 Å². The third kappa shape index (κ3) is 6.73. The number of sulfonamides is 1. The van der Waals surface area contributed by atoms with Crippen LogP contribution in [0.3, 0.4) is 0 Å². The molecule has 0 aliphatic heterocycles. The van der Waals surface area contributed by atoms with Gasteiger partial charge in [-0.3, -0.25) is 25.7 Å². The molecule has 202 valence electrons. The first-order valence-electron chi connectivity index (χ1n) is 11.6. The van der Waals surface area contributed by atoms with Crippen molar-refractivity contribution in [2.45, 2.75) is 41.6 Å². The van der Waals surface area contributed by atoms with Gasteiger partial charge in [0, 0.05) is 56.3 Å². The minimum atomic E-state index is -4.07. The molecule has 0 atom stereocenters. The summed E-state index contributed by atoms with van der Waals surface area (Å²) < 4.78 is 29.8. The number of nitro benzene ring substituents is 2. The maximum absolute atomic E-state index is 13.4. The van der Waals surface area contributed by atoms with Gasteiger partial charge in [0.15, 0.2) is 5.16 Å². The molecular formula is C23H27N7O6S2. The second-order valence-corrected chi connectivity index (χ2v) is 11.0. The third-order valence-corrected chi connectivity index (χ3v) is 8.38. The zero-order chi connectivity index (χ0) is 27.9. The molecule has 2 aromatic carbocycles. The number of hydrogen-bond donors (Lipinski definition) is 1. The Bertz CT molecular complexity index is 1450. The Morgan fingerprint density at radius 1 is 1.11 bits per heavy atom. The van der Waals surface area contributed by atoms with E-state index in [1.807, 2.05) is 13.8 Å². The molecule has 0 saturated carbocycles. The number of nitro groups is 2. The minimum absolute atomic E-state index is 0.0421. The minimum Gasteiger partial charge on any atom is -0.329 e. The molecule has 1 N–H and O–H groups in total. The van der Waals surface area contributed by atoms with E-state index >= 15 is 0 Å². The number of aryl methyl sites for hydroxylation is 1. The molecule has 13 nitrogen and oxygen atoms in total. The summed E-state index contributed by atoms with van der Waals surface area (Å²) in [5.41, 5.74) is 2.55. The van der Waals surface area contributed by atoms with Gasteiger partial charge < -0.3 is 4.57 Å². The van der Waals surface area contributed by atoms with Crippen molar-refractivity contribution < 1.29 is 18.3 Å². The number of nitrogens with one attached hydrogen (secondary N) is 1. The molecule has 0 amide bonds. The number of nitrogens with zero attached hydrogens (tertiary/aromatic N) is 6. The Kier molecular flexibility index (Phi) is 9.55. The fourth-order valence-corrected chi connectivity index (χ4v) is 6.16. The summed E-state index contributed by atoms with van der Waals surface area (Å²) in [6.07, 6.45) is 5.77. The fourth-order valence-electron chi connectivity index (χ4n) is 3.49. The fraction of sp³-hybridized carbons (Fsp3) is 0.304. The van der Waals surface area contributed by atoms with E-state index in [0.29, 0.717) is 28.5 Å². The summed E-state index contributed by atoms with van der Waals surface area (Å²) >= 11 is 1.15. The molecule has 3 rings (SSSR count). The maximum atomic E-state index is 13.4. The SMILES string of the molecule is CCCN(CCC)S(=O)(=O)c1cc([N+](=O)[O-])ccc1N/N=C\c1ccc(Sc2nccn2C)c([N+](=O)[O-])c1. The Morgan fingerprint density at radius 3 is 2.39 bits per heavy atom. The molecule has 1 aromatic heterocycles. The van der Waals surface area contributed by atoms with Crippen LogP contribution in [0.25, 0.3) is 0 Å². The molecule has 0 bridgehead atoms. The summed E-state index contributed by atoms with van der Waals surface area (Å²) in [5, 5.41) is 27.6. The normalized spacial score (nSPS) is 11.8. The number of hydrogen-bond acceptors (Lipinski definition) is 10. The Hall–Kier alpha value is -3.82. The van der Waals surface area contributed by atoms with Crippen molar-refractivity contribution in [3.63, 3.8) is 0 Å². The van der Waals surface area contributed by atoms with Crippen molar-refractivity contribution in [3.8, 4) is 0 Å². The van der Waals surface area contributed by atoms with Crippen molar-refractivity contribution in [2.75, 3.05) is 18.5 Å². The highest BCUT2D eigenvalue weighted by Gasteiger charge is 2.28. The number of imidazole rings is 1. The van der Waals surface area contributed by atoms with E-state index in [4.69, 9.17) is 0 Å². The zero-order valence-corrected chi connectivity index (χ0v) is 22.6. The van der Waals surface area contributed by atoms with Gasteiger partial charge in [0.25, 0.3) is 11.4 Å². The zero-order valence-electron chi connectivity index (χ0n) is 21.0. The lowest BCUT2D eigenvalue weighted by molar-refractivity contribution is -0.387. The first-order chi connectivity index (χ1) is 18.1. The smallest absolute Gasteiger partial charge is 0.283 e. The standard InChI is InChI=1S/C23H27N7O6S2/c1-4-11-28(12-5-2)38(35,36)22-15-18(29(31)32)7-8-19(22)26-25-16-17-6-9-21(20(14-17)30(33)34)37-23-24-10-13-27(23)3/h6-10,13-16,26H,4-5,11-12H2,1-3H3/b25-16-. The molecule has 0 radical (unpaired) electrons. The number of rotatable bonds is 13. The Morgan fingerprint density at radius 2 is 1.82 bits per heavy atom. The van der Waals surface area contributed by atoms with Gasteiger partial charge in [0.2, 0.25) is 10.0 Å². The monoisotopic (exact) mass is 561 g/mol. The first-order valence-corrected chi connectivity index (χ1v) is 13.8. The third-order valence-electron chi connectivity index (χ3n) is 5.30. The van der Waals surface area contributed by atoms with E-state index in [1.54, 1.807) is 36.1 Å². The summed E-state index contributed by atoms with van der Waals surface area (Å²) in [4.78, 5) is 26.1. The van der Waals surface area contributed by atoms with Crippen molar-refractivity contribution >= 4 is 45.1 Å². The van der Waals surface area contributed by atoms with Crippen molar-refractivity contribution in [1.82, 2.24) is 13.9 Å². The van der Waals surface area contributed by atoms with Crippen molar-refractivity contribution in [3.05, 3.63) is 74.6 Å². The van der Waals surface area contributed by atoms with Crippen molar-refractivity contribution in [2.24, 2.45) is 12.1 Å². The summed E-state index contributed by atoms with van der Waals surface area (Å²) in [6, 6.07) is 7.99. The highest BCUT2D eigenvalue weighted by atomic mass is 32.2. The topological polar surface area (TPSA) is 166 Å². The molecule has 0 fully saturated rings. The van der Waals surface area contributed by atoms with Gasteiger partial charge >= 0.3 is 0 Å². The molecule has 0 unspecified atom stereocenters. The van der Waals surface area contributed by atoms with Gasteiger partial charge in [-0.05, 0) is 36.7 Å². The van der Waals surface area contributed by atoms with Gasteiger partial charge in [-0.15, -0.1) is 0 Å². The quantitative estimate of drug-likeness (QED) is 0.178. The van der Waals surface area contributed by atoms with Gasteiger partial charge in [-0.1, -0.05) is 19.9 Å². The Labute approximate surface area is 223 Å². The molecule has 0 aliphatic rings. The van der Waals surface area contributed by atoms with Gasteiger partial charge in [0.05, 0.1) is 26.6 Å². The van der Waals surface area contributed by atoms with E-state index in [-0.39, 0.29) is 35.0 Å². The summed E-state index contributed by atoms with van der Waals surface area (Å²) in [7, 11) is -2.28. The van der Waals surface area contributed by atoms with Crippen LogP contribution in [-0.4, -0.2) is 51.4 Å². The van der Waals surface area contributed by atoms with Gasteiger partial charge in [0.1, 0.15) is 4.90 Å². The highest BCUT2D eigenvalue weighted by molar-refractivity contribution is 7.99. The largest absolute Gasteiger partial charge is 0.329 e. The van der Waals surface area contributed by atoms with Crippen LogP contribution >= 0.6 is 11.8 Å². The second kappa shape index (κ2) is 12.6. The molecule has 3 aromatic rings. The average Bonchev–Trinajstić information content (AvgIpc) is 3.28. The summed E-state index contributed by atoms with van der Waals surface area (Å²) in [5.74, 6) is 0. The molecule has 38 heavy (non-hydrogen) atoms. The van der Waals surface area contributed by atoms with E-state index in [9.17, 15) is 28.6 Å². The van der Waals surface area contributed by atoms with Crippen LogP contribution in [0.5, 0.6) is 0 Å². The predicted molar refractivity (Wildman–Crippen MR) is 144 cm³/mol.